The number of hydrogen-bond acceptors (Lipinski definition) is 7. The fourth-order valence-corrected chi connectivity index (χ4v) is 9.47. The van der Waals surface area contributed by atoms with Crippen molar-refractivity contribution in [1.82, 2.24) is 19.6 Å². The van der Waals surface area contributed by atoms with Gasteiger partial charge in [0.15, 0.2) is 0 Å². The second kappa shape index (κ2) is 19.0. The van der Waals surface area contributed by atoms with E-state index in [1.54, 1.807) is 36.4 Å². The number of phosphoric acid groups is 1. The Morgan fingerprint density at radius 2 is 1.00 bits per heavy atom. The minimum absolute atomic E-state index is 0.0418. The lowest BCUT2D eigenvalue weighted by atomic mass is 9.87. The van der Waals surface area contributed by atoms with Gasteiger partial charge >= 0.3 is 7.82 Å². The minimum Gasteiger partial charge on any atom is -0.508 e. The molecule has 4 fully saturated rings. The number of nitrogens with zero attached hydrogens (tertiary/aromatic N) is 4. The first-order chi connectivity index (χ1) is 28.7. The summed E-state index contributed by atoms with van der Waals surface area (Å²) in [4.78, 5) is 51.4. The zero-order chi connectivity index (χ0) is 42.6. The van der Waals surface area contributed by atoms with Crippen molar-refractivity contribution in [2.24, 2.45) is 0 Å². The third-order valence-corrected chi connectivity index (χ3v) is 12.9. The Bertz CT molecular complexity index is 2120. The molecule has 11 nitrogen and oxygen atoms in total. The number of carbonyl (C=O) groups is 2. The quantitative estimate of drug-likeness (QED) is 0.144. The number of phosphoric ester groups is 1. The number of amides is 2. The van der Waals surface area contributed by atoms with E-state index in [1.807, 2.05) is 50.8 Å². The average molecular weight is 845 g/mol. The van der Waals surface area contributed by atoms with E-state index in [-0.39, 0.29) is 53.8 Å². The topological polar surface area (TPSA) is 134 Å². The number of phenolic OH excluding ortho intramolecular Hbond substituents is 1. The summed E-state index contributed by atoms with van der Waals surface area (Å²) >= 11 is 0. The summed E-state index contributed by atoms with van der Waals surface area (Å²) in [5, 5.41) is 9.44. The van der Waals surface area contributed by atoms with Crippen LogP contribution in [0.2, 0.25) is 0 Å². The zero-order valence-electron chi connectivity index (χ0n) is 34.2. The predicted octanol–water partition coefficient (Wildman–Crippen LogP) is 7.02. The summed E-state index contributed by atoms with van der Waals surface area (Å²) in [6.07, 6.45) is 0.598. The largest absolute Gasteiger partial charge is 0.524 e. The van der Waals surface area contributed by atoms with Crippen molar-refractivity contribution in [2.75, 3.05) is 39.3 Å². The molecule has 6 atom stereocenters. The fraction of sp³-hybridized carbons (Fsp3) is 0.435. The van der Waals surface area contributed by atoms with Crippen LogP contribution in [0.25, 0.3) is 0 Å². The molecule has 0 saturated carbocycles. The molecule has 4 aliphatic heterocycles. The predicted molar refractivity (Wildman–Crippen MR) is 225 cm³/mol. The normalized spacial score (nSPS) is 25.3. The van der Waals surface area contributed by atoms with Gasteiger partial charge in [0.05, 0.1) is 12.1 Å². The van der Waals surface area contributed by atoms with E-state index in [9.17, 15) is 23.7 Å². The van der Waals surface area contributed by atoms with E-state index >= 15 is 4.39 Å². The lowest BCUT2D eigenvalue weighted by molar-refractivity contribution is -0.134. The van der Waals surface area contributed by atoms with Gasteiger partial charge in [-0.15, -0.1) is 0 Å². The summed E-state index contributed by atoms with van der Waals surface area (Å²) in [6, 6.07) is 28.9. The molecule has 0 radical (unpaired) electrons. The first-order valence-corrected chi connectivity index (χ1v) is 22.3. The highest BCUT2D eigenvalue weighted by Crippen LogP contribution is 2.39. The Hall–Kier alpha value is -4.65. The molecule has 0 aliphatic carbocycles. The van der Waals surface area contributed by atoms with E-state index in [4.69, 9.17) is 9.79 Å². The van der Waals surface area contributed by atoms with Gasteiger partial charge in [-0.3, -0.25) is 29.2 Å². The lowest BCUT2D eigenvalue weighted by Gasteiger charge is -2.37. The number of halogens is 2. The van der Waals surface area contributed by atoms with Gasteiger partial charge in [0.1, 0.15) is 23.8 Å². The molecule has 8 rings (SSSR count). The number of aryl methyl sites for hydroxylation is 2. The van der Waals surface area contributed by atoms with Gasteiger partial charge in [0.2, 0.25) is 11.8 Å². The molecule has 320 valence electrons. The van der Waals surface area contributed by atoms with E-state index in [0.29, 0.717) is 52.0 Å². The standard InChI is InChI=1S/C23H28FN2O5P.C23H27FN2O2/c1-16-2-4-17(5-3-16)14-26-13-11-22(23(26)27)25-12-10-20(21(24)15-25)18-6-8-19(9-7-18)31-32(28,29)30;1-16-2-4-17(5-3-16)14-26-13-11-22(23(26)28)25-12-10-20(21(24)15-25)18-6-8-19(27)9-7-18/h2-9,20-22H,10-15H2,1H3,(H2,28,29,30);2-9,20-22,27H,10-15H2,1H3/t2*20-,21+,22+/m00/s1. The number of benzene rings is 4. The first kappa shape index (κ1) is 43.4. The van der Waals surface area contributed by atoms with Crippen LogP contribution in [0.3, 0.4) is 0 Å². The molecule has 0 spiro atoms. The van der Waals surface area contributed by atoms with E-state index in [1.165, 1.54) is 23.3 Å². The van der Waals surface area contributed by atoms with Crippen LogP contribution in [0.15, 0.2) is 97.1 Å². The van der Waals surface area contributed by atoms with Gasteiger partial charge in [0, 0.05) is 51.1 Å². The van der Waals surface area contributed by atoms with Crippen molar-refractivity contribution in [2.45, 2.75) is 88.9 Å². The molecule has 3 N–H and O–H groups in total. The highest BCUT2D eigenvalue weighted by Gasteiger charge is 2.42. The molecule has 14 heteroatoms. The Morgan fingerprint density at radius 3 is 1.38 bits per heavy atom. The summed E-state index contributed by atoms with van der Waals surface area (Å²) in [5.41, 5.74) is 6.30. The van der Waals surface area contributed by atoms with Crippen LogP contribution in [0.4, 0.5) is 8.78 Å². The van der Waals surface area contributed by atoms with E-state index < -0.39 is 20.2 Å². The van der Waals surface area contributed by atoms with Crippen LogP contribution in [-0.4, -0.2) is 110 Å². The molecular weight excluding hydrogens is 789 g/mol. The highest BCUT2D eigenvalue weighted by atomic mass is 31.2. The molecule has 4 aliphatic rings. The maximum atomic E-state index is 15.1. The first-order valence-electron chi connectivity index (χ1n) is 20.8. The second-order valence-electron chi connectivity index (χ2n) is 16.7. The Balaban J connectivity index is 0.000000183. The molecule has 60 heavy (non-hydrogen) atoms. The van der Waals surface area contributed by atoms with Gasteiger partial charge in [-0.2, -0.15) is 0 Å². The number of phenols is 1. The second-order valence-corrected chi connectivity index (χ2v) is 17.8. The number of likely N-dealkylation sites (tertiary alicyclic amines) is 4. The summed E-state index contributed by atoms with van der Waals surface area (Å²) in [5.74, 6) is -0.0690. The van der Waals surface area contributed by atoms with Gasteiger partial charge in [-0.1, -0.05) is 83.9 Å². The number of carbonyl (C=O) groups excluding carboxylic acids is 2. The molecule has 4 saturated heterocycles. The van der Waals surface area contributed by atoms with Gasteiger partial charge in [-0.05, 0) is 99.1 Å². The molecule has 4 heterocycles. The SMILES string of the molecule is Cc1ccc(CN2CC[C@@H](N3CC[C@@H](c4ccc(O)cc4)[C@H](F)C3)C2=O)cc1.Cc1ccc(CN2CC[C@@H](N3CC[C@@H](c4ccc(OP(=O)(O)O)cc4)[C@H](F)C3)C2=O)cc1. The van der Waals surface area contributed by atoms with Crippen LogP contribution in [0.1, 0.15) is 70.9 Å². The smallest absolute Gasteiger partial charge is 0.508 e. The molecule has 2 amide bonds. The Labute approximate surface area is 350 Å². The van der Waals surface area contributed by atoms with Gasteiger partial charge < -0.3 is 19.4 Å². The van der Waals surface area contributed by atoms with E-state index in [0.717, 1.165) is 41.8 Å². The number of hydrogen-bond donors (Lipinski definition) is 3. The van der Waals surface area contributed by atoms with Crippen LogP contribution in [-0.2, 0) is 27.2 Å². The fourth-order valence-electron chi connectivity index (χ4n) is 9.07. The molecule has 0 aromatic heterocycles. The molecular formula is C46H55F2N4O7P. The van der Waals surface area contributed by atoms with Crippen molar-refractivity contribution >= 4 is 19.6 Å². The van der Waals surface area contributed by atoms with Crippen LogP contribution >= 0.6 is 7.82 Å². The number of aromatic hydroxyl groups is 1. The van der Waals surface area contributed by atoms with Crippen LogP contribution in [0.5, 0.6) is 11.5 Å². The Kier molecular flexibility index (Phi) is 13.7. The maximum absolute atomic E-state index is 15.1. The molecule has 4 aromatic rings. The van der Waals surface area contributed by atoms with Crippen molar-refractivity contribution in [3.05, 3.63) is 130 Å². The monoisotopic (exact) mass is 844 g/mol. The lowest BCUT2D eigenvalue weighted by Crippen LogP contribution is -2.49. The summed E-state index contributed by atoms with van der Waals surface area (Å²) < 4.78 is 45.5. The number of alkyl halides is 2. The molecule has 4 aromatic carbocycles. The molecule has 0 bridgehead atoms. The molecule has 0 unspecified atom stereocenters. The van der Waals surface area contributed by atoms with Crippen molar-refractivity contribution in [3.8, 4) is 11.5 Å². The minimum atomic E-state index is -4.62. The van der Waals surface area contributed by atoms with Gasteiger partial charge in [-0.25, -0.2) is 13.3 Å². The summed E-state index contributed by atoms with van der Waals surface area (Å²) in [7, 11) is -4.62. The van der Waals surface area contributed by atoms with E-state index in [2.05, 4.69) is 35.7 Å². The highest BCUT2D eigenvalue weighted by molar-refractivity contribution is 7.46. The van der Waals surface area contributed by atoms with Crippen molar-refractivity contribution < 1.29 is 42.4 Å². The Morgan fingerprint density at radius 1 is 0.600 bits per heavy atom. The summed E-state index contributed by atoms with van der Waals surface area (Å²) in [6.45, 7) is 8.52. The van der Waals surface area contributed by atoms with Crippen LogP contribution in [0, 0.1) is 13.8 Å². The zero-order valence-corrected chi connectivity index (χ0v) is 35.0. The third kappa shape index (κ3) is 10.8. The number of piperidine rings is 2. The maximum Gasteiger partial charge on any atom is 0.524 e. The van der Waals surface area contributed by atoms with Gasteiger partial charge in [0.25, 0.3) is 0 Å². The third-order valence-electron chi connectivity index (χ3n) is 12.4. The van der Waals surface area contributed by atoms with Crippen LogP contribution < -0.4 is 4.52 Å². The number of rotatable bonds is 10. The van der Waals surface area contributed by atoms with Crippen molar-refractivity contribution in [3.63, 3.8) is 0 Å². The van der Waals surface area contributed by atoms with Crippen molar-refractivity contribution in [1.29, 1.82) is 0 Å². The average Bonchev–Trinajstić information content (AvgIpc) is 3.77.